The normalized spacial score (nSPS) is 24.6. The summed E-state index contributed by atoms with van der Waals surface area (Å²) in [5.74, 6) is 1.72. The lowest BCUT2D eigenvalue weighted by Crippen LogP contribution is -2.53. The van der Waals surface area contributed by atoms with Crippen molar-refractivity contribution in [3.63, 3.8) is 0 Å². The van der Waals surface area contributed by atoms with Gasteiger partial charge in [0.1, 0.15) is 0 Å². The first-order valence-corrected chi connectivity index (χ1v) is 9.37. The van der Waals surface area contributed by atoms with Crippen LogP contribution in [0.25, 0.3) is 0 Å². The van der Waals surface area contributed by atoms with E-state index in [9.17, 15) is 0 Å². The highest BCUT2D eigenvalue weighted by Crippen LogP contribution is 2.27. The van der Waals surface area contributed by atoms with Gasteiger partial charge in [-0.3, -0.25) is 4.90 Å². The first-order valence-electron chi connectivity index (χ1n) is 9.37. The molecule has 2 aliphatic rings. The van der Waals surface area contributed by atoms with Gasteiger partial charge < -0.3 is 10.2 Å². The van der Waals surface area contributed by atoms with Crippen molar-refractivity contribution in [2.75, 3.05) is 45.8 Å². The van der Waals surface area contributed by atoms with E-state index in [1.165, 1.54) is 71.4 Å². The first-order chi connectivity index (χ1) is 10.2. The summed E-state index contributed by atoms with van der Waals surface area (Å²) in [6, 6.07) is 0.729. The van der Waals surface area contributed by atoms with E-state index in [-0.39, 0.29) is 0 Å². The van der Waals surface area contributed by atoms with Crippen LogP contribution >= 0.6 is 0 Å². The van der Waals surface area contributed by atoms with Crippen molar-refractivity contribution >= 4 is 0 Å². The van der Waals surface area contributed by atoms with E-state index in [1.54, 1.807) is 0 Å². The zero-order valence-electron chi connectivity index (χ0n) is 14.6. The highest BCUT2D eigenvalue weighted by atomic mass is 15.3. The topological polar surface area (TPSA) is 18.5 Å². The van der Waals surface area contributed by atoms with Gasteiger partial charge in [-0.2, -0.15) is 0 Å². The highest BCUT2D eigenvalue weighted by molar-refractivity contribution is 4.84. The molecule has 3 nitrogen and oxygen atoms in total. The molecule has 3 heteroatoms. The summed E-state index contributed by atoms with van der Waals surface area (Å²) in [5, 5.41) is 3.79. The molecule has 1 aliphatic carbocycles. The van der Waals surface area contributed by atoms with Crippen molar-refractivity contribution in [3.8, 4) is 0 Å². The predicted molar refractivity (Wildman–Crippen MR) is 91.8 cm³/mol. The molecule has 2 fully saturated rings. The van der Waals surface area contributed by atoms with Crippen molar-refractivity contribution in [2.45, 2.75) is 58.9 Å². The second-order valence-electron chi connectivity index (χ2n) is 7.56. The van der Waals surface area contributed by atoms with E-state index < -0.39 is 0 Å². The molecule has 0 amide bonds. The van der Waals surface area contributed by atoms with E-state index in [2.05, 4.69) is 35.9 Å². The maximum Gasteiger partial charge on any atom is 0.0223 e. The Labute approximate surface area is 132 Å². The SMILES string of the molecule is CCNC(CN1CCN(CC(C)C)CC1)C1CCCCC1. The fraction of sp³-hybridized carbons (Fsp3) is 1.00. The summed E-state index contributed by atoms with van der Waals surface area (Å²) in [7, 11) is 0. The van der Waals surface area contributed by atoms with Crippen LogP contribution in [0.5, 0.6) is 0 Å². The molecule has 0 aromatic carbocycles. The number of piperazine rings is 1. The molecule has 1 heterocycles. The molecule has 1 aliphatic heterocycles. The molecule has 0 radical (unpaired) electrons. The van der Waals surface area contributed by atoms with Crippen LogP contribution in [0.15, 0.2) is 0 Å². The minimum Gasteiger partial charge on any atom is -0.313 e. The summed E-state index contributed by atoms with van der Waals surface area (Å²) in [5.41, 5.74) is 0. The van der Waals surface area contributed by atoms with Gasteiger partial charge in [0, 0.05) is 45.3 Å². The molecule has 21 heavy (non-hydrogen) atoms. The summed E-state index contributed by atoms with van der Waals surface area (Å²) in [6.45, 7) is 15.6. The quantitative estimate of drug-likeness (QED) is 0.779. The minimum absolute atomic E-state index is 0.729. The van der Waals surface area contributed by atoms with Gasteiger partial charge in [-0.1, -0.05) is 40.0 Å². The zero-order chi connectivity index (χ0) is 15.1. The fourth-order valence-electron chi connectivity index (χ4n) is 4.13. The number of rotatable bonds is 7. The third kappa shape index (κ3) is 5.88. The van der Waals surface area contributed by atoms with E-state index in [4.69, 9.17) is 0 Å². The van der Waals surface area contributed by atoms with Crippen molar-refractivity contribution in [2.24, 2.45) is 11.8 Å². The van der Waals surface area contributed by atoms with Gasteiger partial charge >= 0.3 is 0 Å². The van der Waals surface area contributed by atoms with Crippen molar-refractivity contribution in [1.29, 1.82) is 0 Å². The van der Waals surface area contributed by atoms with Crippen LogP contribution in [0.1, 0.15) is 52.9 Å². The Morgan fingerprint density at radius 1 is 0.905 bits per heavy atom. The third-order valence-electron chi connectivity index (χ3n) is 5.23. The van der Waals surface area contributed by atoms with Gasteiger partial charge in [-0.25, -0.2) is 0 Å². The number of hydrogen-bond acceptors (Lipinski definition) is 3. The Bertz CT molecular complexity index is 266. The molecule has 124 valence electrons. The van der Waals surface area contributed by atoms with E-state index in [0.717, 1.165) is 24.4 Å². The molecule has 1 saturated carbocycles. The predicted octanol–water partition coefficient (Wildman–Crippen LogP) is 2.82. The van der Waals surface area contributed by atoms with Gasteiger partial charge in [0.2, 0.25) is 0 Å². The molecule has 1 unspecified atom stereocenters. The van der Waals surface area contributed by atoms with Gasteiger partial charge in [-0.05, 0) is 31.2 Å². The molecular weight excluding hydrogens is 258 g/mol. The lowest BCUT2D eigenvalue weighted by Gasteiger charge is -2.39. The van der Waals surface area contributed by atoms with E-state index >= 15 is 0 Å². The maximum absolute atomic E-state index is 3.79. The van der Waals surface area contributed by atoms with E-state index in [0.29, 0.717) is 0 Å². The molecule has 2 rings (SSSR count). The Kier molecular flexibility index (Phi) is 7.48. The summed E-state index contributed by atoms with van der Waals surface area (Å²) >= 11 is 0. The van der Waals surface area contributed by atoms with Gasteiger partial charge in [0.05, 0.1) is 0 Å². The maximum atomic E-state index is 3.79. The van der Waals surface area contributed by atoms with Gasteiger partial charge in [0.25, 0.3) is 0 Å². The first kappa shape index (κ1) is 17.2. The standard InChI is InChI=1S/C18H37N3/c1-4-19-18(17-8-6-5-7-9-17)15-21-12-10-20(11-13-21)14-16(2)3/h16-19H,4-15H2,1-3H3. The second-order valence-corrected chi connectivity index (χ2v) is 7.56. The number of likely N-dealkylation sites (N-methyl/N-ethyl adjacent to an activating group) is 1. The molecular formula is C18H37N3. The lowest BCUT2D eigenvalue weighted by molar-refractivity contribution is 0.101. The average Bonchev–Trinajstić information content (AvgIpc) is 2.49. The molecule has 0 aromatic rings. The number of nitrogens with one attached hydrogen (secondary N) is 1. The molecule has 1 atom stereocenters. The largest absolute Gasteiger partial charge is 0.313 e. The monoisotopic (exact) mass is 295 g/mol. The van der Waals surface area contributed by atoms with Crippen LogP contribution in [-0.4, -0.2) is 61.7 Å². The van der Waals surface area contributed by atoms with Crippen LogP contribution in [0.4, 0.5) is 0 Å². The van der Waals surface area contributed by atoms with Crippen LogP contribution in [0.2, 0.25) is 0 Å². The Balaban J connectivity index is 1.76. The summed E-state index contributed by atoms with van der Waals surface area (Å²) < 4.78 is 0. The molecule has 1 N–H and O–H groups in total. The van der Waals surface area contributed by atoms with Gasteiger partial charge in [-0.15, -0.1) is 0 Å². The lowest BCUT2D eigenvalue weighted by atomic mass is 9.83. The van der Waals surface area contributed by atoms with Crippen molar-refractivity contribution in [3.05, 3.63) is 0 Å². The Hall–Kier alpha value is -0.120. The van der Waals surface area contributed by atoms with Crippen LogP contribution in [0, 0.1) is 11.8 Å². The van der Waals surface area contributed by atoms with Crippen molar-refractivity contribution in [1.82, 2.24) is 15.1 Å². The van der Waals surface area contributed by atoms with Crippen molar-refractivity contribution < 1.29 is 0 Å². The zero-order valence-corrected chi connectivity index (χ0v) is 14.6. The molecule has 0 bridgehead atoms. The van der Waals surface area contributed by atoms with Gasteiger partial charge in [0.15, 0.2) is 0 Å². The molecule has 0 aromatic heterocycles. The van der Waals surface area contributed by atoms with Crippen LogP contribution < -0.4 is 5.32 Å². The average molecular weight is 296 g/mol. The molecule has 1 saturated heterocycles. The Morgan fingerprint density at radius 3 is 2.00 bits per heavy atom. The number of hydrogen-bond donors (Lipinski definition) is 1. The smallest absolute Gasteiger partial charge is 0.0223 e. The summed E-state index contributed by atoms with van der Waals surface area (Å²) in [6.07, 6.45) is 7.27. The van der Waals surface area contributed by atoms with Crippen LogP contribution in [-0.2, 0) is 0 Å². The second kappa shape index (κ2) is 9.12. The molecule has 0 spiro atoms. The highest BCUT2D eigenvalue weighted by Gasteiger charge is 2.26. The Morgan fingerprint density at radius 2 is 1.48 bits per heavy atom. The fourth-order valence-corrected chi connectivity index (χ4v) is 4.13. The van der Waals surface area contributed by atoms with Crippen LogP contribution in [0.3, 0.4) is 0 Å². The number of nitrogens with zero attached hydrogens (tertiary/aromatic N) is 2. The van der Waals surface area contributed by atoms with E-state index in [1.807, 2.05) is 0 Å². The minimum atomic E-state index is 0.729. The summed E-state index contributed by atoms with van der Waals surface area (Å²) in [4.78, 5) is 5.35. The third-order valence-corrected chi connectivity index (χ3v) is 5.23.